The zero-order valence-electron chi connectivity index (χ0n) is 16.0. The van der Waals surface area contributed by atoms with E-state index < -0.39 is 5.97 Å². The van der Waals surface area contributed by atoms with E-state index in [9.17, 15) is 14.4 Å². The van der Waals surface area contributed by atoms with E-state index >= 15 is 0 Å². The molecule has 5 heteroatoms. The molecule has 0 heterocycles. The number of carbonyl (C=O) groups is 3. The standard InChI is InChI=1S/C22H25NO4/c1-4-17(5-2)23-20(24)14-27-22(26)19-9-7-6-8-18(19)21(25)16-12-10-15(3)11-13-16/h6-13,17H,4-5,14H2,1-3H3,(H,23,24). The molecule has 0 aliphatic heterocycles. The Hall–Kier alpha value is -2.95. The average molecular weight is 367 g/mol. The average Bonchev–Trinajstić information content (AvgIpc) is 2.70. The Morgan fingerprint density at radius 2 is 1.52 bits per heavy atom. The Kier molecular flexibility index (Phi) is 7.29. The molecule has 1 amide bonds. The van der Waals surface area contributed by atoms with Crippen LogP contribution in [0.4, 0.5) is 0 Å². The third kappa shape index (κ3) is 5.51. The van der Waals surface area contributed by atoms with E-state index in [0.717, 1.165) is 18.4 Å². The number of nitrogens with one attached hydrogen (secondary N) is 1. The Labute approximate surface area is 159 Å². The fourth-order valence-corrected chi connectivity index (χ4v) is 2.69. The Bertz CT molecular complexity index is 807. The summed E-state index contributed by atoms with van der Waals surface area (Å²) in [6.07, 6.45) is 1.62. The highest BCUT2D eigenvalue weighted by atomic mass is 16.5. The van der Waals surface area contributed by atoms with Crippen molar-refractivity contribution in [2.24, 2.45) is 0 Å². The van der Waals surface area contributed by atoms with Gasteiger partial charge in [-0.15, -0.1) is 0 Å². The molecule has 0 bridgehead atoms. The first-order valence-electron chi connectivity index (χ1n) is 9.13. The molecule has 0 saturated carbocycles. The molecule has 0 radical (unpaired) electrons. The van der Waals surface area contributed by atoms with Gasteiger partial charge < -0.3 is 10.1 Å². The first-order chi connectivity index (χ1) is 13.0. The van der Waals surface area contributed by atoms with Crippen molar-refractivity contribution in [1.29, 1.82) is 0 Å². The lowest BCUT2D eigenvalue weighted by Gasteiger charge is -2.15. The van der Waals surface area contributed by atoms with E-state index in [2.05, 4.69) is 5.32 Å². The summed E-state index contributed by atoms with van der Waals surface area (Å²) >= 11 is 0. The molecule has 2 rings (SSSR count). The first-order valence-corrected chi connectivity index (χ1v) is 9.13. The molecule has 0 aliphatic rings. The fourth-order valence-electron chi connectivity index (χ4n) is 2.69. The van der Waals surface area contributed by atoms with Gasteiger partial charge in [-0.3, -0.25) is 9.59 Å². The van der Waals surface area contributed by atoms with Gasteiger partial charge in [-0.1, -0.05) is 61.9 Å². The number of ether oxygens (including phenoxy) is 1. The lowest BCUT2D eigenvalue weighted by Crippen LogP contribution is -2.37. The number of benzene rings is 2. The smallest absolute Gasteiger partial charge is 0.339 e. The second kappa shape index (κ2) is 9.67. The predicted octanol–water partition coefficient (Wildman–Crippen LogP) is 3.69. The summed E-state index contributed by atoms with van der Waals surface area (Å²) < 4.78 is 5.12. The van der Waals surface area contributed by atoms with E-state index in [0.29, 0.717) is 5.56 Å². The molecule has 0 spiro atoms. The zero-order chi connectivity index (χ0) is 19.8. The molecule has 0 unspecified atom stereocenters. The number of rotatable bonds is 8. The van der Waals surface area contributed by atoms with Gasteiger partial charge in [0.25, 0.3) is 5.91 Å². The normalized spacial score (nSPS) is 10.5. The topological polar surface area (TPSA) is 72.5 Å². The quantitative estimate of drug-likeness (QED) is 0.570. The number of esters is 1. The number of hydrogen-bond donors (Lipinski definition) is 1. The minimum Gasteiger partial charge on any atom is -0.452 e. The molecule has 2 aromatic rings. The highest BCUT2D eigenvalue weighted by Crippen LogP contribution is 2.16. The van der Waals surface area contributed by atoms with Gasteiger partial charge in [0.2, 0.25) is 0 Å². The maximum Gasteiger partial charge on any atom is 0.339 e. The van der Waals surface area contributed by atoms with Crippen LogP contribution in [0.1, 0.15) is 58.5 Å². The van der Waals surface area contributed by atoms with Gasteiger partial charge in [-0.05, 0) is 25.8 Å². The molecule has 0 aliphatic carbocycles. The van der Waals surface area contributed by atoms with Crippen LogP contribution >= 0.6 is 0 Å². The van der Waals surface area contributed by atoms with Crippen LogP contribution in [0.3, 0.4) is 0 Å². The summed E-state index contributed by atoms with van der Waals surface area (Å²) in [5.41, 5.74) is 1.94. The second-order valence-electron chi connectivity index (χ2n) is 6.40. The van der Waals surface area contributed by atoms with Gasteiger partial charge in [0, 0.05) is 17.2 Å². The van der Waals surface area contributed by atoms with Gasteiger partial charge in [-0.25, -0.2) is 4.79 Å². The fraction of sp³-hybridized carbons (Fsp3) is 0.318. The van der Waals surface area contributed by atoms with Crippen molar-refractivity contribution < 1.29 is 19.1 Å². The van der Waals surface area contributed by atoms with Crippen molar-refractivity contribution in [2.75, 3.05) is 6.61 Å². The lowest BCUT2D eigenvalue weighted by atomic mass is 9.98. The van der Waals surface area contributed by atoms with Gasteiger partial charge in [0.05, 0.1) is 5.56 Å². The van der Waals surface area contributed by atoms with E-state index in [4.69, 9.17) is 4.74 Å². The minimum absolute atomic E-state index is 0.0617. The summed E-state index contributed by atoms with van der Waals surface area (Å²) in [6, 6.07) is 13.7. The SMILES string of the molecule is CCC(CC)NC(=O)COC(=O)c1ccccc1C(=O)c1ccc(C)cc1. The molecular formula is C22H25NO4. The van der Waals surface area contributed by atoms with E-state index in [1.54, 1.807) is 30.3 Å². The molecule has 0 atom stereocenters. The highest BCUT2D eigenvalue weighted by molar-refractivity contribution is 6.14. The second-order valence-corrected chi connectivity index (χ2v) is 6.40. The molecule has 2 aromatic carbocycles. The lowest BCUT2D eigenvalue weighted by molar-refractivity contribution is -0.125. The van der Waals surface area contributed by atoms with E-state index in [-0.39, 0.29) is 35.5 Å². The van der Waals surface area contributed by atoms with Crippen molar-refractivity contribution in [1.82, 2.24) is 5.32 Å². The Morgan fingerprint density at radius 3 is 2.11 bits per heavy atom. The predicted molar refractivity (Wildman–Crippen MR) is 104 cm³/mol. The number of ketones is 1. The monoisotopic (exact) mass is 367 g/mol. The molecule has 5 nitrogen and oxygen atoms in total. The molecular weight excluding hydrogens is 342 g/mol. The van der Waals surface area contributed by atoms with Crippen LogP contribution < -0.4 is 5.32 Å². The van der Waals surface area contributed by atoms with Crippen LogP contribution in [-0.2, 0) is 9.53 Å². The van der Waals surface area contributed by atoms with Crippen molar-refractivity contribution in [2.45, 2.75) is 39.7 Å². The van der Waals surface area contributed by atoms with E-state index in [1.165, 1.54) is 6.07 Å². The molecule has 27 heavy (non-hydrogen) atoms. The first kappa shape index (κ1) is 20.4. The van der Waals surface area contributed by atoms with E-state index in [1.807, 2.05) is 32.9 Å². The van der Waals surface area contributed by atoms with Gasteiger partial charge in [0.1, 0.15) is 0 Å². The van der Waals surface area contributed by atoms with Gasteiger partial charge in [-0.2, -0.15) is 0 Å². The summed E-state index contributed by atoms with van der Waals surface area (Å²) in [5, 5.41) is 2.81. The van der Waals surface area contributed by atoms with Crippen molar-refractivity contribution in [3.05, 3.63) is 70.8 Å². The summed E-state index contributed by atoms with van der Waals surface area (Å²) in [5.74, 6) is -1.30. The van der Waals surface area contributed by atoms with Crippen LogP contribution in [-0.4, -0.2) is 30.3 Å². The van der Waals surface area contributed by atoms with Crippen LogP contribution in [0, 0.1) is 6.92 Å². The molecule has 0 saturated heterocycles. The number of carbonyl (C=O) groups excluding carboxylic acids is 3. The number of hydrogen-bond acceptors (Lipinski definition) is 4. The van der Waals surface area contributed by atoms with Crippen LogP contribution in [0.25, 0.3) is 0 Å². The highest BCUT2D eigenvalue weighted by Gasteiger charge is 2.20. The Morgan fingerprint density at radius 1 is 0.926 bits per heavy atom. The maximum atomic E-state index is 12.8. The third-order valence-corrected chi connectivity index (χ3v) is 4.39. The van der Waals surface area contributed by atoms with Crippen molar-refractivity contribution in [3.8, 4) is 0 Å². The molecule has 142 valence electrons. The maximum absolute atomic E-state index is 12.8. The largest absolute Gasteiger partial charge is 0.452 e. The van der Waals surface area contributed by atoms with Gasteiger partial charge in [0.15, 0.2) is 12.4 Å². The van der Waals surface area contributed by atoms with Crippen LogP contribution in [0.5, 0.6) is 0 Å². The van der Waals surface area contributed by atoms with Crippen molar-refractivity contribution in [3.63, 3.8) is 0 Å². The number of aryl methyl sites for hydroxylation is 1. The van der Waals surface area contributed by atoms with Crippen molar-refractivity contribution >= 4 is 17.7 Å². The van der Waals surface area contributed by atoms with Gasteiger partial charge >= 0.3 is 5.97 Å². The molecule has 0 fully saturated rings. The summed E-state index contributed by atoms with van der Waals surface area (Å²) in [7, 11) is 0. The summed E-state index contributed by atoms with van der Waals surface area (Å²) in [6.45, 7) is 5.52. The third-order valence-electron chi connectivity index (χ3n) is 4.39. The minimum atomic E-state index is -0.689. The van der Waals surface area contributed by atoms with Crippen LogP contribution in [0.2, 0.25) is 0 Å². The zero-order valence-corrected chi connectivity index (χ0v) is 16.0. The summed E-state index contributed by atoms with van der Waals surface area (Å²) in [4.78, 5) is 37.1. The molecule has 0 aromatic heterocycles. The number of amides is 1. The van der Waals surface area contributed by atoms with Crippen LogP contribution in [0.15, 0.2) is 48.5 Å². The molecule has 1 N–H and O–H groups in total. The Balaban J connectivity index is 2.10.